The Morgan fingerprint density at radius 3 is 2.39 bits per heavy atom. The van der Waals surface area contributed by atoms with Crippen molar-refractivity contribution in [2.45, 2.75) is 13.0 Å². The summed E-state index contributed by atoms with van der Waals surface area (Å²) in [6, 6.07) is 14.9. The van der Waals surface area contributed by atoms with E-state index in [1.807, 2.05) is 42.5 Å². The standard InChI is InChI=1S/C21H23N3O4/c1-26-17-9-5-4-7-15(17)13-20(25)23-19-11-12-22-24(19)14-16-8-6-10-18(27-2)21(16)28-3/h4-12H,13-14H2,1-3H3,(H,23,25). The lowest BCUT2D eigenvalue weighted by Crippen LogP contribution is -2.18. The van der Waals surface area contributed by atoms with Crippen molar-refractivity contribution in [1.29, 1.82) is 0 Å². The second-order valence-corrected chi connectivity index (χ2v) is 6.06. The number of aromatic nitrogens is 2. The summed E-state index contributed by atoms with van der Waals surface area (Å²) >= 11 is 0. The van der Waals surface area contributed by atoms with E-state index in [4.69, 9.17) is 14.2 Å². The Bertz CT molecular complexity index is 952. The predicted octanol–water partition coefficient (Wildman–Crippen LogP) is 3.14. The van der Waals surface area contributed by atoms with E-state index < -0.39 is 0 Å². The maximum Gasteiger partial charge on any atom is 0.230 e. The van der Waals surface area contributed by atoms with Gasteiger partial charge in [0.05, 0.1) is 40.5 Å². The molecule has 1 N–H and O–H groups in total. The van der Waals surface area contributed by atoms with Crippen LogP contribution in [0.3, 0.4) is 0 Å². The maximum absolute atomic E-state index is 12.5. The van der Waals surface area contributed by atoms with Gasteiger partial charge in [0.25, 0.3) is 0 Å². The summed E-state index contributed by atoms with van der Waals surface area (Å²) in [6.45, 7) is 0.428. The molecule has 28 heavy (non-hydrogen) atoms. The number of nitrogens with one attached hydrogen (secondary N) is 1. The van der Waals surface area contributed by atoms with Gasteiger partial charge >= 0.3 is 0 Å². The molecule has 1 aromatic heterocycles. The zero-order chi connectivity index (χ0) is 19.9. The lowest BCUT2D eigenvalue weighted by molar-refractivity contribution is -0.115. The molecule has 0 aliphatic carbocycles. The lowest BCUT2D eigenvalue weighted by atomic mass is 10.1. The first kappa shape index (κ1) is 19.3. The molecule has 0 saturated heterocycles. The maximum atomic E-state index is 12.5. The van der Waals surface area contributed by atoms with Gasteiger partial charge in [0.1, 0.15) is 11.6 Å². The molecule has 1 amide bonds. The van der Waals surface area contributed by atoms with Crippen molar-refractivity contribution in [2.24, 2.45) is 0 Å². The molecule has 0 atom stereocenters. The van der Waals surface area contributed by atoms with Crippen molar-refractivity contribution < 1.29 is 19.0 Å². The van der Waals surface area contributed by atoms with Crippen LogP contribution in [-0.2, 0) is 17.8 Å². The fourth-order valence-corrected chi connectivity index (χ4v) is 3.01. The number of anilines is 1. The van der Waals surface area contributed by atoms with E-state index in [1.165, 1.54) is 0 Å². The van der Waals surface area contributed by atoms with Crippen LogP contribution in [0.15, 0.2) is 54.7 Å². The first-order valence-electron chi connectivity index (χ1n) is 8.79. The third kappa shape index (κ3) is 4.25. The zero-order valence-electron chi connectivity index (χ0n) is 16.1. The molecule has 3 aromatic rings. The molecule has 2 aromatic carbocycles. The number of carbonyl (C=O) groups excluding carboxylic acids is 1. The van der Waals surface area contributed by atoms with Crippen LogP contribution in [0.2, 0.25) is 0 Å². The van der Waals surface area contributed by atoms with E-state index in [1.54, 1.807) is 38.3 Å². The van der Waals surface area contributed by atoms with E-state index in [-0.39, 0.29) is 12.3 Å². The molecule has 0 fully saturated rings. The molecule has 0 aliphatic rings. The molecular weight excluding hydrogens is 358 g/mol. The third-order valence-electron chi connectivity index (χ3n) is 4.33. The summed E-state index contributed by atoms with van der Waals surface area (Å²) in [5, 5.41) is 7.23. The first-order chi connectivity index (χ1) is 13.7. The molecule has 146 valence electrons. The quantitative estimate of drug-likeness (QED) is 0.649. The van der Waals surface area contributed by atoms with Crippen molar-refractivity contribution in [2.75, 3.05) is 26.6 Å². The van der Waals surface area contributed by atoms with Gasteiger partial charge in [-0.15, -0.1) is 0 Å². The SMILES string of the molecule is COc1ccccc1CC(=O)Nc1ccnn1Cc1cccc(OC)c1OC. The highest BCUT2D eigenvalue weighted by Gasteiger charge is 2.14. The number of amides is 1. The molecule has 0 aliphatic heterocycles. The van der Waals surface area contributed by atoms with E-state index in [0.29, 0.717) is 29.6 Å². The average Bonchev–Trinajstić information content (AvgIpc) is 3.14. The Balaban J connectivity index is 1.75. The highest BCUT2D eigenvalue weighted by atomic mass is 16.5. The first-order valence-corrected chi connectivity index (χ1v) is 8.79. The van der Waals surface area contributed by atoms with Crippen LogP contribution >= 0.6 is 0 Å². The van der Waals surface area contributed by atoms with Crippen LogP contribution in [0.5, 0.6) is 17.2 Å². The van der Waals surface area contributed by atoms with E-state index in [0.717, 1.165) is 11.1 Å². The van der Waals surface area contributed by atoms with Crippen molar-refractivity contribution >= 4 is 11.7 Å². The Labute approximate surface area is 163 Å². The molecule has 0 spiro atoms. The van der Waals surface area contributed by atoms with Crippen LogP contribution in [0.25, 0.3) is 0 Å². The van der Waals surface area contributed by atoms with Gasteiger partial charge in [0.2, 0.25) is 5.91 Å². The summed E-state index contributed by atoms with van der Waals surface area (Å²) in [5.74, 6) is 2.43. The summed E-state index contributed by atoms with van der Waals surface area (Å²) in [4.78, 5) is 12.5. The van der Waals surface area contributed by atoms with Crippen molar-refractivity contribution in [3.05, 3.63) is 65.9 Å². The smallest absolute Gasteiger partial charge is 0.230 e. The number of rotatable bonds is 8. The van der Waals surface area contributed by atoms with Gasteiger partial charge in [-0.2, -0.15) is 5.10 Å². The summed E-state index contributed by atoms with van der Waals surface area (Å²) in [7, 11) is 4.78. The minimum Gasteiger partial charge on any atom is -0.496 e. The predicted molar refractivity (Wildman–Crippen MR) is 106 cm³/mol. The lowest BCUT2D eigenvalue weighted by Gasteiger charge is -2.14. The van der Waals surface area contributed by atoms with E-state index >= 15 is 0 Å². The second kappa shape index (κ2) is 8.94. The largest absolute Gasteiger partial charge is 0.496 e. The molecule has 0 radical (unpaired) electrons. The number of hydrogen-bond acceptors (Lipinski definition) is 5. The van der Waals surface area contributed by atoms with E-state index in [9.17, 15) is 4.79 Å². The average molecular weight is 381 g/mol. The van der Waals surface area contributed by atoms with Gasteiger partial charge < -0.3 is 19.5 Å². The minimum atomic E-state index is -0.149. The highest BCUT2D eigenvalue weighted by Crippen LogP contribution is 2.31. The minimum absolute atomic E-state index is 0.149. The fraction of sp³-hybridized carbons (Fsp3) is 0.238. The van der Waals surface area contributed by atoms with Gasteiger partial charge in [-0.1, -0.05) is 30.3 Å². The molecule has 7 nitrogen and oxygen atoms in total. The molecule has 7 heteroatoms. The van der Waals surface area contributed by atoms with Crippen molar-refractivity contribution in [3.63, 3.8) is 0 Å². The van der Waals surface area contributed by atoms with Crippen LogP contribution in [0.4, 0.5) is 5.82 Å². The van der Waals surface area contributed by atoms with Crippen LogP contribution in [0.1, 0.15) is 11.1 Å². The summed E-state index contributed by atoms with van der Waals surface area (Å²) < 4.78 is 17.8. The number of para-hydroxylation sites is 2. The topological polar surface area (TPSA) is 74.6 Å². The molecule has 0 unspecified atom stereocenters. The third-order valence-corrected chi connectivity index (χ3v) is 4.33. The number of methoxy groups -OCH3 is 3. The Kier molecular flexibility index (Phi) is 6.16. The molecular formula is C21H23N3O4. The van der Waals surface area contributed by atoms with Crippen LogP contribution in [0, 0.1) is 0 Å². The molecule has 3 rings (SSSR count). The van der Waals surface area contributed by atoms with Gasteiger partial charge in [-0.05, 0) is 12.1 Å². The van der Waals surface area contributed by atoms with Crippen LogP contribution in [-0.4, -0.2) is 37.0 Å². The Hall–Kier alpha value is -3.48. The zero-order valence-corrected chi connectivity index (χ0v) is 16.1. The summed E-state index contributed by atoms with van der Waals surface area (Å²) in [6.07, 6.45) is 1.85. The van der Waals surface area contributed by atoms with Gasteiger partial charge in [0.15, 0.2) is 11.5 Å². The molecule has 0 bridgehead atoms. The number of nitrogens with zero attached hydrogens (tertiary/aromatic N) is 2. The number of carbonyl (C=O) groups is 1. The fourth-order valence-electron chi connectivity index (χ4n) is 3.01. The van der Waals surface area contributed by atoms with Gasteiger partial charge in [0, 0.05) is 17.2 Å². The van der Waals surface area contributed by atoms with Crippen molar-refractivity contribution in [3.8, 4) is 17.2 Å². The van der Waals surface area contributed by atoms with Crippen molar-refractivity contribution in [1.82, 2.24) is 9.78 Å². The highest BCUT2D eigenvalue weighted by molar-refractivity contribution is 5.91. The van der Waals surface area contributed by atoms with Gasteiger partial charge in [-0.25, -0.2) is 4.68 Å². The Morgan fingerprint density at radius 2 is 1.64 bits per heavy atom. The monoisotopic (exact) mass is 381 g/mol. The summed E-state index contributed by atoms with van der Waals surface area (Å²) in [5.41, 5.74) is 1.72. The molecule has 1 heterocycles. The Morgan fingerprint density at radius 1 is 0.929 bits per heavy atom. The van der Waals surface area contributed by atoms with Crippen LogP contribution < -0.4 is 19.5 Å². The molecule has 0 saturated carbocycles. The van der Waals surface area contributed by atoms with Gasteiger partial charge in [-0.3, -0.25) is 4.79 Å². The number of benzene rings is 2. The van der Waals surface area contributed by atoms with E-state index in [2.05, 4.69) is 10.4 Å². The number of ether oxygens (including phenoxy) is 3. The second-order valence-electron chi connectivity index (χ2n) is 6.06. The normalized spacial score (nSPS) is 10.4. The number of hydrogen-bond donors (Lipinski definition) is 1.